The van der Waals surface area contributed by atoms with Crippen molar-refractivity contribution in [3.05, 3.63) is 0 Å². The number of hydroxylamine groups is 2. The third kappa shape index (κ3) is 4.73. The molecule has 1 rings (SSSR count). The van der Waals surface area contributed by atoms with Gasteiger partial charge in [-0.3, -0.25) is 9.63 Å². The highest BCUT2D eigenvalue weighted by molar-refractivity contribution is 5.77. The summed E-state index contributed by atoms with van der Waals surface area (Å²) in [4.78, 5) is 28.2. The van der Waals surface area contributed by atoms with Crippen molar-refractivity contribution in [2.45, 2.75) is 51.7 Å². The molecule has 1 saturated carbocycles. The number of methoxy groups -OCH3 is 1. The molecule has 0 aromatic carbocycles. The van der Waals surface area contributed by atoms with Gasteiger partial charge in [0.2, 0.25) is 6.41 Å². The second-order valence-electron chi connectivity index (χ2n) is 5.39. The summed E-state index contributed by atoms with van der Waals surface area (Å²) in [6.45, 7) is 5.49. The fourth-order valence-electron chi connectivity index (χ4n) is 1.58. The van der Waals surface area contributed by atoms with Crippen LogP contribution in [0.1, 0.15) is 40.0 Å². The van der Waals surface area contributed by atoms with Gasteiger partial charge < -0.3 is 4.74 Å². The standard InChI is InChI=1S/C12H21NO4/c1-12(2,3)17-13(8-14)10(11(15)16-4)7-9-5-6-9/h8-10H,5-7H2,1-4H3. The first-order valence-electron chi connectivity index (χ1n) is 5.88. The Balaban J connectivity index is 2.69. The maximum absolute atomic E-state index is 11.7. The van der Waals surface area contributed by atoms with E-state index in [1.165, 1.54) is 7.11 Å². The summed E-state index contributed by atoms with van der Waals surface area (Å²) in [6, 6.07) is -0.635. The maximum Gasteiger partial charge on any atom is 0.331 e. The number of nitrogens with zero attached hydrogens (tertiary/aromatic N) is 1. The maximum atomic E-state index is 11.7. The first-order valence-corrected chi connectivity index (χ1v) is 5.88. The van der Waals surface area contributed by atoms with Gasteiger partial charge in [0, 0.05) is 0 Å². The lowest BCUT2D eigenvalue weighted by atomic mass is 10.1. The normalized spacial score (nSPS) is 17.4. The van der Waals surface area contributed by atoms with Gasteiger partial charge in [0.05, 0.1) is 12.7 Å². The summed E-state index contributed by atoms with van der Waals surface area (Å²) in [5, 5.41) is 1.09. The molecule has 0 aliphatic heterocycles. The van der Waals surface area contributed by atoms with Crippen LogP contribution in [0.2, 0.25) is 0 Å². The van der Waals surface area contributed by atoms with Gasteiger partial charge in [0.1, 0.15) is 0 Å². The molecule has 98 valence electrons. The quantitative estimate of drug-likeness (QED) is 0.403. The highest BCUT2D eigenvalue weighted by Gasteiger charge is 2.35. The minimum atomic E-state index is -0.635. The largest absolute Gasteiger partial charge is 0.467 e. The second-order valence-corrected chi connectivity index (χ2v) is 5.39. The van der Waals surface area contributed by atoms with E-state index >= 15 is 0 Å². The summed E-state index contributed by atoms with van der Waals surface area (Å²) in [6.07, 6.45) is 3.38. The summed E-state index contributed by atoms with van der Waals surface area (Å²) in [7, 11) is 1.32. The lowest BCUT2D eigenvalue weighted by Crippen LogP contribution is -2.45. The predicted octanol–water partition coefficient (Wildman–Crippen LogP) is 1.52. The number of amides is 1. The highest BCUT2D eigenvalue weighted by Crippen LogP contribution is 2.35. The fourth-order valence-corrected chi connectivity index (χ4v) is 1.58. The zero-order chi connectivity index (χ0) is 13.1. The minimum absolute atomic E-state index is 0.423. The molecule has 17 heavy (non-hydrogen) atoms. The molecule has 1 unspecified atom stereocenters. The molecule has 0 heterocycles. The number of rotatable bonds is 6. The second kappa shape index (κ2) is 5.49. The predicted molar refractivity (Wildman–Crippen MR) is 61.9 cm³/mol. The Morgan fingerprint density at radius 1 is 1.47 bits per heavy atom. The molecule has 0 bridgehead atoms. The molecule has 0 aromatic rings. The molecule has 0 saturated heterocycles. The van der Waals surface area contributed by atoms with Crippen molar-refractivity contribution >= 4 is 12.4 Å². The molecule has 0 N–H and O–H groups in total. The summed E-state index contributed by atoms with van der Waals surface area (Å²) < 4.78 is 4.72. The van der Waals surface area contributed by atoms with Crippen molar-refractivity contribution < 1.29 is 19.2 Å². The van der Waals surface area contributed by atoms with Gasteiger partial charge in [0.25, 0.3) is 0 Å². The summed E-state index contributed by atoms with van der Waals surface area (Å²) in [5.74, 6) is 0.0818. The Morgan fingerprint density at radius 2 is 2.06 bits per heavy atom. The van der Waals surface area contributed by atoms with E-state index in [0.717, 1.165) is 17.9 Å². The van der Waals surface area contributed by atoms with Gasteiger partial charge >= 0.3 is 5.97 Å². The van der Waals surface area contributed by atoms with Gasteiger partial charge in [-0.15, -0.1) is 0 Å². The van der Waals surface area contributed by atoms with E-state index in [4.69, 9.17) is 9.57 Å². The number of carbonyl (C=O) groups excluding carboxylic acids is 2. The lowest BCUT2D eigenvalue weighted by molar-refractivity contribution is -0.236. The minimum Gasteiger partial charge on any atom is -0.467 e. The first-order chi connectivity index (χ1) is 7.87. The van der Waals surface area contributed by atoms with Crippen LogP contribution in [-0.2, 0) is 19.2 Å². The topological polar surface area (TPSA) is 55.8 Å². The first kappa shape index (κ1) is 14.0. The highest BCUT2D eigenvalue weighted by atomic mass is 16.7. The summed E-state index contributed by atoms with van der Waals surface area (Å²) >= 11 is 0. The monoisotopic (exact) mass is 243 g/mol. The average molecular weight is 243 g/mol. The number of hydrogen-bond acceptors (Lipinski definition) is 4. The third-order valence-corrected chi connectivity index (χ3v) is 2.52. The van der Waals surface area contributed by atoms with Gasteiger partial charge in [-0.25, -0.2) is 9.86 Å². The third-order valence-electron chi connectivity index (χ3n) is 2.52. The number of hydrogen-bond donors (Lipinski definition) is 0. The van der Waals surface area contributed by atoms with Gasteiger partial charge in [-0.05, 0) is 33.1 Å². The molecule has 1 atom stereocenters. The Hall–Kier alpha value is -1.10. The van der Waals surface area contributed by atoms with E-state index in [1.807, 2.05) is 20.8 Å². The van der Waals surface area contributed by atoms with Crippen molar-refractivity contribution in [3.63, 3.8) is 0 Å². The van der Waals surface area contributed by atoms with E-state index in [2.05, 4.69) is 0 Å². The number of esters is 1. The van der Waals surface area contributed by atoms with Crippen LogP contribution in [-0.4, -0.2) is 36.2 Å². The van der Waals surface area contributed by atoms with E-state index in [1.54, 1.807) is 0 Å². The molecule has 1 aliphatic carbocycles. The van der Waals surface area contributed by atoms with Crippen LogP contribution >= 0.6 is 0 Å². The fraction of sp³-hybridized carbons (Fsp3) is 0.833. The Kier molecular flexibility index (Phi) is 4.51. The SMILES string of the molecule is COC(=O)C(CC1CC1)N(C=O)OC(C)(C)C. The van der Waals surface area contributed by atoms with Crippen LogP contribution < -0.4 is 0 Å². The molecule has 1 fully saturated rings. The molecule has 0 spiro atoms. The smallest absolute Gasteiger partial charge is 0.331 e. The van der Waals surface area contributed by atoms with Crippen molar-refractivity contribution in [1.29, 1.82) is 0 Å². The molecule has 5 heteroatoms. The molecule has 1 amide bonds. The van der Waals surface area contributed by atoms with Crippen LogP contribution in [0.25, 0.3) is 0 Å². The molecular formula is C12H21NO4. The van der Waals surface area contributed by atoms with Gasteiger partial charge in [-0.2, -0.15) is 0 Å². The van der Waals surface area contributed by atoms with Gasteiger partial charge in [-0.1, -0.05) is 12.8 Å². The molecule has 1 aliphatic rings. The van der Waals surface area contributed by atoms with Crippen LogP contribution in [0, 0.1) is 5.92 Å². The van der Waals surface area contributed by atoms with E-state index in [9.17, 15) is 9.59 Å². The molecular weight excluding hydrogens is 222 g/mol. The van der Waals surface area contributed by atoms with Crippen LogP contribution in [0.4, 0.5) is 0 Å². The van der Waals surface area contributed by atoms with Crippen LogP contribution in [0.5, 0.6) is 0 Å². The van der Waals surface area contributed by atoms with Crippen LogP contribution in [0.3, 0.4) is 0 Å². The van der Waals surface area contributed by atoms with Crippen molar-refractivity contribution in [1.82, 2.24) is 5.06 Å². The van der Waals surface area contributed by atoms with Crippen LogP contribution in [0.15, 0.2) is 0 Å². The van der Waals surface area contributed by atoms with Gasteiger partial charge in [0.15, 0.2) is 6.04 Å². The van der Waals surface area contributed by atoms with E-state index < -0.39 is 17.6 Å². The summed E-state index contributed by atoms with van der Waals surface area (Å²) in [5.41, 5.74) is -0.517. The number of carbonyl (C=O) groups is 2. The average Bonchev–Trinajstić information content (AvgIpc) is 3.04. The molecule has 0 radical (unpaired) electrons. The van der Waals surface area contributed by atoms with Crippen molar-refractivity contribution in [3.8, 4) is 0 Å². The Labute approximate surface area is 102 Å². The Bertz CT molecular complexity index is 281. The zero-order valence-electron chi connectivity index (χ0n) is 10.9. The van der Waals surface area contributed by atoms with Crippen molar-refractivity contribution in [2.24, 2.45) is 5.92 Å². The Morgan fingerprint density at radius 3 is 2.41 bits per heavy atom. The zero-order valence-corrected chi connectivity index (χ0v) is 10.9. The molecule has 0 aromatic heterocycles. The molecule has 5 nitrogen and oxygen atoms in total. The number of ether oxygens (including phenoxy) is 1. The van der Waals surface area contributed by atoms with Crippen molar-refractivity contribution in [2.75, 3.05) is 7.11 Å². The van der Waals surface area contributed by atoms with E-state index in [-0.39, 0.29) is 0 Å². The van der Waals surface area contributed by atoms with E-state index in [0.29, 0.717) is 18.7 Å². The lowest BCUT2D eigenvalue weighted by Gasteiger charge is -2.31.